The monoisotopic (exact) mass is 304 g/mol. The standard InChI is InChI=1S/C14H28N2O3S/c1-12-7-6-9-15(11-12)13(17)8-10-16(14(2,3)4)20(5,18)19/h12H,6-11H2,1-5H3. The highest BCUT2D eigenvalue weighted by molar-refractivity contribution is 7.88. The minimum absolute atomic E-state index is 0.0643. The molecule has 0 aromatic carbocycles. The fourth-order valence-electron chi connectivity index (χ4n) is 2.77. The second-order valence-electron chi connectivity index (χ2n) is 6.84. The lowest BCUT2D eigenvalue weighted by Gasteiger charge is -2.35. The van der Waals surface area contributed by atoms with Gasteiger partial charge < -0.3 is 4.90 Å². The number of nitrogens with zero attached hydrogens (tertiary/aromatic N) is 2. The van der Waals surface area contributed by atoms with Gasteiger partial charge in [-0.3, -0.25) is 4.79 Å². The van der Waals surface area contributed by atoms with Crippen LogP contribution in [-0.2, 0) is 14.8 Å². The number of piperidine rings is 1. The molecule has 1 heterocycles. The van der Waals surface area contributed by atoms with E-state index in [2.05, 4.69) is 6.92 Å². The van der Waals surface area contributed by atoms with Crippen molar-refractivity contribution in [1.82, 2.24) is 9.21 Å². The third-order valence-corrected chi connectivity index (χ3v) is 5.22. The van der Waals surface area contributed by atoms with E-state index < -0.39 is 15.6 Å². The lowest BCUT2D eigenvalue weighted by Crippen LogP contribution is -2.47. The van der Waals surface area contributed by atoms with Crippen molar-refractivity contribution in [3.8, 4) is 0 Å². The molecule has 0 N–H and O–H groups in total. The molecule has 118 valence electrons. The first-order valence-electron chi connectivity index (χ1n) is 7.27. The molecule has 6 heteroatoms. The molecule has 20 heavy (non-hydrogen) atoms. The van der Waals surface area contributed by atoms with Crippen LogP contribution >= 0.6 is 0 Å². The van der Waals surface area contributed by atoms with Gasteiger partial charge in [0, 0.05) is 31.6 Å². The predicted molar refractivity (Wildman–Crippen MR) is 80.9 cm³/mol. The van der Waals surface area contributed by atoms with Crippen LogP contribution in [0.5, 0.6) is 0 Å². The van der Waals surface area contributed by atoms with Gasteiger partial charge in [-0.05, 0) is 39.5 Å². The molecule has 5 nitrogen and oxygen atoms in total. The number of amides is 1. The normalized spacial score (nSPS) is 21.3. The van der Waals surface area contributed by atoms with Crippen LogP contribution < -0.4 is 0 Å². The summed E-state index contributed by atoms with van der Waals surface area (Å²) >= 11 is 0. The molecule has 0 saturated carbocycles. The van der Waals surface area contributed by atoms with Crippen LogP contribution in [0.4, 0.5) is 0 Å². The van der Waals surface area contributed by atoms with E-state index in [0.717, 1.165) is 19.5 Å². The third kappa shape index (κ3) is 5.05. The van der Waals surface area contributed by atoms with Gasteiger partial charge in [-0.2, -0.15) is 4.31 Å². The summed E-state index contributed by atoms with van der Waals surface area (Å²) in [7, 11) is -3.30. The van der Waals surface area contributed by atoms with Crippen molar-refractivity contribution in [3.05, 3.63) is 0 Å². The zero-order valence-corrected chi connectivity index (χ0v) is 14.2. The van der Waals surface area contributed by atoms with Crippen LogP contribution in [0.15, 0.2) is 0 Å². The Morgan fingerprint density at radius 1 is 1.35 bits per heavy atom. The van der Waals surface area contributed by atoms with Crippen molar-refractivity contribution in [2.24, 2.45) is 5.92 Å². The Hall–Kier alpha value is -0.620. The van der Waals surface area contributed by atoms with E-state index in [-0.39, 0.29) is 18.9 Å². The molecule has 1 atom stereocenters. The summed E-state index contributed by atoms with van der Waals surface area (Å²) in [5.41, 5.74) is -0.497. The molecule has 0 aromatic heterocycles. The maximum absolute atomic E-state index is 12.2. The average Bonchev–Trinajstić information content (AvgIpc) is 2.25. The Morgan fingerprint density at radius 2 is 1.95 bits per heavy atom. The van der Waals surface area contributed by atoms with Crippen molar-refractivity contribution < 1.29 is 13.2 Å². The van der Waals surface area contributed by atoms with Gasteiger partial charge in [-0.1, -0.05) is 6.92 Å². The molecule has 1 aliphatic rings. The number of hydrogen-bond donors (Lipinski definition) is 0. The molecular weight excluding hydrogens is 276 g/mol. The molecule has 1 fully saturated rings. The maximum Gasteiger partial charge on any atom is 0.223 e. The molecule has 1 amide bonds. The number of rotatable bonds is 4. The van der Waals surface area contributed by atoms with Gasteiger partial charge in [-0.15, -0.1) is 0 Å². The van der Waals surface area contributed by atoms with Gasteiger partial charge in [0.15, 0.2) is 0 Å². The SMILES string of the molecule is CC1CCCN(C(=O)CCN(C(C)(C)C)S(C)(=O)=O)C1. The summed E-state index contributed by atoms with van der Waals surface area (Å²) < 4.78 is 25.0. The van der Waals surface area contributed by atoms with E-state index >= 15 is 0 Å². The van der Waals surface area contributed by atoms with Gasteiger partial charge >= 0.3 is 0 Å². The van der Waals surface area contributed by atoms with Crippen molar-refractivity contribution >= 4 is 15.9 Å². The largest absolute Gasteiger partial charge is 0.342 e. The number of sulfonamides is 1. The van der Waals surface area contributed by atoms with Crippen LogP contribution in [0.2, 0.25) is 0 Å². The fraction of sp³-hybridized carbons (Fsp3) is 0.929. The molecule has 1 rings (SSSR count). The second kappa shape index (κ2) is 6.43. The Balaban J connectivity index is 2.62. The molecule has 0 spiro atoms. The van der Waals surface area contributed by atoms with Crippen molar-refractivity contribution in [1.29, 1.82) is 0 Å². The number of carbonyl (C=O) groups excluding carboxylic acids is 1. The van der Waals surface area contributed by atoms with E-state index in [0.29, 0.717) is 5.92 Å². The summed E-state index contributed by atoms with van der Waals surface area (Å²) in [6.07, 6.45) is 3.67. The summed E-state index contributed by atoms with van der Waals surface area (Å²) in [4.78, 5) is 14.1. The topological polar surface area (TPSA) is 57.7 Å². The summed E-state index contributed by atoms with van der Waals surface area (Å²) in [5.74, 6) is 0.607. The van der Waals surface area contributed by atoms with Gasteiger partial charge in [0.05, 0.1) is 6.26 Å². The number of likely N-dealkylation sites (tertiary alicyclic amines) is 1. The van der Waals surface area contributed by atoms with E-state index in [4.69, 9.17) is 0 Å². The predicted octanol–water partition coefficient (Wildman–Crippen LogP) is 1.70. The van der Waals surface area contributed by atoms with Crippen molar-refractivity contribution in [2.75, 3.05) is 25.9 Å². The molecule has 0 aromatic rings. The Morgan fingerprint density at radius 3 is 2.40 bits per heavy atom. The Kier molecular flexibility index (Phi) is 5.61. The highest BCUT2D eigenvalue weighted by atomic mass is 32.2. The van der Waals surface area contributed by atoms with Crippen molar-refractivity contribution in [2.45, 2.75) is 52.5 Å². The highest BCUT2D eigenvalue weighted by Gasteiger charge is 2.30. The van der Waals surface area contributed by atoms with Crippen LogP contribution in [-0.4, -0.2) is 55.0 Å². The average molecular weight is 304 g/mol. The summed E-state index contributed by atoms with van der Waals surface area (Å²) in [6, 6.07) is 0. The zero-order chi connectivity index (χ0) is 15.6. The quantitative estimate of drug-likeness (QED) is 0.794. The van der Waals surface area contributed by atoms with E-state index in [1.54, 1.807) is 0 Å². The summed E-state index contributed by atoms with van der Waals surface area (Å²) in [6.45, 7) is 9.55. The van der Waals surface area contributed by atoms with E-state index in [1.807, 2.05) is 25.7 Å². The maximum atomic E-state index is 12.2. The minimum Gasteiger partial charge on any atom is -0.342 e. The van der Waals surface area contributed by atoms with Crippen LogP contribution in [0.25, 0.3) is 0 Å². The van der Waals surface area contributed by atoms with Gasteiger partial charge in [0.1, 0.15) is 0 Å². The Bertz CT molecular complexity index is 440. The number of hydrogen-bond acceptors (Lipinski definition) is 3. The third-order valence-electron chi connectivity index (χ3n) is 3.69. The first-order valence-corrected chi connectivity index (χ1v) is 9.12. The number of carbonyl (C=O) groups is 1. The first kappa shape index (κ1) is 17.4. The molecular formula is C14H28N2O3S. The molecule has 0 aliphatic carbocycles. The zero-order valence-electron chi connectivity index (χ0n) is 13.3. The summed E-state index contributed by atoms with van der Waals surface area (Å²) in [5, 5.41) is 0. The van der Waals surface area contributed by atoms with E-state index in [1.165, 1.54) is 17.0 Å². The lowest BCUT2D eigenvalue weighted by molar-refractivity contribution is -0.133. The minimum atomic E-state index is -3.30. The molecule has 1 unspecified atom stereocenters. The van der Waals surface area contributed by atoms with Crippen LogP contribution in [0.1, 0.15) is 47.0 Å². The molecule has 1 saturated heterocycles. The molecule has 0 radical (unpaired) electrons. The smallest absolute Gasteiger partial charge is 0.223 e. The van der Waals surface area contributed by atoms with Gasteiger partial charge in [0.25, 0.3) is 0 Å². The lowest BCUT2D eigenvalue weighted by atomic mass is 10.00. The highest BCUT2D eigenvalue weighted by Crippen LogP contribution is 2.19. The fourth-order valence-corrected chi connectivity index (χ4v) is 4.19. The Labute approximate surface area is 123 Å². The van der Waals surface area contributed by atoms with Crippen LogP contribution in [0.3, 0.4) is 0 Å². The van der Waals surface area contributed by atoms with Crippen LogP contribution in [0, 0.1) is 5.92 Å². The van der Waals surface area contributed by atoms with Gasteiger partial charge in [0.2, 0.25) is 15.9 Å². The first-order chi connectivity index (χ1) is 9.01. The van der Waals surface area contributed by atoms with E-state index in [9.17, 15) is 13.2 Å². The van der Waals surface area contributed by atoms with Gasteiger partial charge in [-0.25, -0.2) is 8.42 Å². The second-order valence-corrected chi connectivity index (χ2v) is 8.75. The molecule has 0 bridgehead atoms. The molecule has 1 aliphatic heterocycles. The van der Waals surface area contributed by atoms with Crippen molar-refractivity contribution in [3.63, 3.8) is 0 Å².